The normalized spacial score (nSPS) is 12.8. The van der Waals surface area contributed by atoms with Crippen LogP contribution in [0, 0.1) is 6.92 Å². The number of aryl methyl sites for hydroxylation is 2. The number of nitrogens with two attached hydrogens (primary N) is 1. The third kappa shape index (κ3) is 1.98. The van der Waals surface area contributed by atoms with Crippen LogP contribution in [0.1, 0.15) is 23.1 Å². The molecule has 2 N–H and O–H groups in total. The first-order valence-corrected chi connectivity index (χ1v) is 5.60. The van der Waals surface area contributed by atoms with Crippen LogP contribution in [-0.4, -0.2) is 19.7 Å². The summed E-state index contributed by atoms with van der Waals surface area (Å²) in [5.41, 5.74) is 8.61. The van der Waals surface area contributed by atoms with Crippen molar-refractivity contribution in [1.29, 1.82) is 0 Å². The van der Waals surface area contributed by atoms with E-state index in [2.05, 4.69) is 31.0 Å². The molecule has 0 amide bonds. The van der Waals surface area contributed by atoms with Crippen LogP contribution in [0.3, 0.4) is 0 Å². The fraction of sp³-hybridized carbons (Fsp3) is 0.300. The van der Waals surface area contributed by atoms with Crippen molar-refractivity contribution in [2.75, 3.05) is 0 Å². The van der Waals surface area contributed by atoms with Gasteiger partial charge in [-0.1, -0.05) is 0 Å². The molecule has 0 aliphatic carbocycles. The molecular weight excluding hydrogens is 270 g/mol. The average molecular weight is 282 g/mol. The van der Waals surface area contributed by atoms with Crippen LogP contribution in [0.25, 0.3) is 0 Å². The maximum absolute atomic E-state index is 6.12. The van der Waals surface area contributed by atoms with Gasteiger partial charge in [0.05, 0.1) is 40.0 Å². The lowest BCUT2D eigenvalue weighted by Gasteiger charge is -2.12. The molecule has 6 heteroatoms. The van der Waals surface area contributed by atoms with E-state index in [1.807, 2.05) is 14.0 Å². The summed E-state index contributed by atoms with van der Waals surface area (Å²) in [6, 6.07) is -0.324. The molecule has 0 fully saturated rings. The molecule has 16 heavy (non-hydrogen) atoms. The van der Waals surface area contributed by atoms with Gasteiger partial charge in [-0.05, 0) is 22.9 Å². The molecule has 0 aliphatic heterocycles. The Morgan fingerprint density at radius 1 is 1.31 bits per heavy atom. The highest BCUT2D eigenvalue weighted by molar-refractivity contribution is 9.10. The topological polar surface area (TPSA) is 69.6 Å². The molecule has 0 bridgehead atoms. The quantitative estimate of drug-likeness (QED) is 0.902. The number of rotatable bonds is 2. The summed E-state index contributed by atoms with van der Waals surface area (Å²) in [5, 5.41) is 4.12. The SMILES string of the molecule is Cc1cnc(C(N)c2c(Br)cnn2C)cn1. The van der Waals surface area contributed by atoms with Crippen LogP contribution in [0.4, 0.5) is 0 Å². The number of hydrogen-bond acceptors (Lipinski definition) is 4. The van der Waals surface area contributed by atoms with Crippen molar-refractivity contribution in [3.05, 3.63) is 40.1 Å². The Balaban J connectivity index is 2.39. The van der Waals surface area contributed by atoms with E-state index in [1.165, 1.54) is 0 Å². The van der Waals surface area contributed by atoms with E-state index in [-0.39, 0.29) is 6.04 Å². The molecule has 84 valence electrons. The summed E-state index contributed by atoms with van der Waals surface area (Å²) >= 11 is 3.42. The van der Waals surface area contributed by atoms with Crippen molar-refractivity contribution in [2.45, 2.75) is 13.0 Å². The number of hydrogen-bond donors (Lipinski definition) is 1. The van der Waals surface area contributed by atoms with Crippen molar-refractivity contribution in [3.63, 3.8) is 0 Å². The van der Waals surface area contributed by atoms with Gasteiger partial charge in [0.1, 0.15) is 0 Å². The molecule has 1 atom stereocenters. The lowest BCUT2D eigenvalue weighted by molar-refractivity contribution is 0.659. The minimum absolute atomic E-state index is 0.324. The van der Waals surface area contributed by atoms with Gasteiger partial charge < -0.3 is 5.73 Å². The van der Waals surface area contributed by atoms with Gasteiger partial charge >= 0.3 is 0 Å². The monoisotopic (exact) mass is 281 g/mol. The molecule has 5 nitrogen and oxygen atoms in total. The van der Waals surface area contributed by atoms with Crippen molar-refractivity contribution in [3.8, 4) is 0 Å². The van der Waals surface area contributed by atoms with Gasteiger partial charge in [0.15, 0.2) is 0 Å². The van der Waals surface area contributed by atoms with E-state index in [4.69, 9.17) is 5.73 Å². The Morgan fingerprint density at radius 3 is 2.56 bits per heavy atom. The fourth-order valence-electron chi connectivity index (χ4n) is 1.47. The third-order valence-corrected chi connectivity index (χ3v) is 2.96. The second-order valence-electron chi connectivity index (χ2n) is 3.56. The van der Waals surface area contributed by atoms with Gasteiger partial charge in [0, 0.05) is 13.2 Å². The maximum atomic E-state index is 6.12. The molecule has 0 spiro atoms. The summed E-state index contributed by atoms with van der Waals surface area (Å²) in [4.78, 5) is 8.45. The average Bonchev–Trinajstić information content (AvgIpc) is 2.59. The lowest BCUT2D eigenvalue weighted by atomic mass is 10.1. The second-order valence-corrected chi connectivity index (χ2v) is 4.42. The first-order chi connectivity index (χ1) is 7.59. The first kappa shape index (κ1) is 11.2. The Hall–Kier alpha value is -1.27. The van der Waals surface area contributed by atoms with Crippen LogP contribution in [0.5, 0.6) is 0 Å². The van der Waals surface area contributed by atoms with E-state index < -0.39 is 0 Å². The molecule has 2 aromatic heterocycles. The maximum Gasteiger partial charge on any atom is 0.0924 e. The smallest absolute Gasteiger partial charge is 0.0924 e. The van der Waals surface area contributed by atoms with Gasteiger partial charge in [-0.2, -0.15) is 5.10 Å². The molecule has 2 heterocycles. The van der Waals surface area contributed by atoms with Crippen LogP contribution < -0.4 is 5.73 Å². The number of aromatic nitrogens is 4. The Bertz CT molecular complexity index is 471. The van der Waals surface area contributed by atoms with Crippen LogP contribution >= 0.6 is 15.9 Å². The van der Waals surface area contributed by atoms with Crippen LogP contribution in [0.15, 0.2) is 23.1 Å². The van der Waals surface area contributed by atoms with Crippen molar-refractivity contribution < 1.29 is 0 Å². The zero-order chi connectivity index (χ0) is 11.7. The molecule has 0 radical (unpaired) electrons. The van der Waals surface area contributed by atoms with E-state index in [1.54, 1.807) is 23.3 Å². The molecule has 0 saturated carbocycles. The molecule has 2 aromatic rings. The van der Waals surface area contributed by atoms with Crippen LogP contribution in [0.2, 0.25) is 0 Å². The van der Waals surface area contributed by atoms with E-state index >= 15 is 0 Å². The minimum Gasteiger partial charge on any atom is -0.318 e. The molecule has 1 unspecified atom stereocenters. The lowest BCUT2D eigenvalue weighted by Crippen LogP contribution is -2.18. The molecule has 0 aliphatic rings. The van der Waals surface area contributed by atoms with Gasteiger partial charge in [-0.25, -0.2) is 0 Å². The van der Waals surface area contributed by atoms with Crippen LogP contribution in [-0.2, 0) is 7.05 Å². The number of nitrogens with zero attached hydrogens (tertiary/aromatic N) is 4. The summed E-state index contributed by atoms with van der Waals surface area (Å²) in [7, 11) is 1.85. The van der Waals surface area contributed by atoms with Gasteiger partial charge in [0.25, 0.3) is 0 Å². The Labute approximate surface area is 102 Å². The van der Waals surface area contributed by atoms with Crippen molar-refractivity contribution in [1.82, 2.24) is 19.7 Å². The molecule has 0 aromatic carbocycles. The van der Waals surface area contributed by atoms with E-state index in [9.17, 15) is 0 Å². The highest BCUT2D eigenvalue weighted by atomic mass is 79.9. The summed E-state index contributed by atoms with van der Waals surface area (Å²) in [5.74, 6) is 0. The first-order valence-electron chi connectivity index (χ1n) is 4.81. The Kier molecular flexibility index (Phi) is 3.02. The summed E-state index contributed by atoms with van der Waals surface area (Å²) in [6.07, 6.45) is 5.12. The van der Waals surface area contributed by atoms with E-state index in [0.29, 0.717) is 0 Å². The second kappa shape index (κ2) is 4.31. The predicted octanol–water partition coefficient (Wildman–Crippen LogP) is 1.33. The molecule has 0 saturated heterocycles. The van der Waals surface area contributed by atoms with E-state index in [0.717, 1.165) is 21.6 Å². The zero-order valence-electron chi connectivity index (χ0n) is 9.05. The minimum atomic E-state index is -0.324. The molecule has 2 rings (SSSR count). The van der Waals surface area contributed by atoms with Gasteiger partial charge in [0.2, 0.25) is 0 Å². The zero-order valence-corrected chi connectivity index (χ0v) is 10.6. The highest BCUT2D eigenvalue weighted by Crippen LogP contribution is 2.24. The standard InChI is InChI=1S/C10H12BrN5/c1-6-3-14-8(5-13-6)9(12)10-7(11)4-15-16(10)2/h3-5,9H,12H2,1-2H3. The fourth-order valence-corrected chi connectivity index (χ4v) is 2.07. The number of halogens is 1. The largest absolute Gasteiger partial charge is 0.318 e. The van der Waals surface area contributed by atoms with Crippen molar-refractivity contribution in [2.24, 2.45) is 12.8 Å². The third-order valence-electron chi connectivity index (χ3n) is 2.35. The summed E-state index contributed by atoms with van der Waals surface area (Å²) < 4.78 is 2.61. The van der Waals surface area contributed by atoms with Gasteiger partial charge in [-0.15, -0.1) is 0 Å². The predicted molar refractivity (Wildman–Crippen MR) is 63.7 cm³/mol. The summed E-state index contributed by atoms with van der Waals surface area (Å²) in [6.45, 7) is 1.89. The highest BCUT2D eigenvalue weighted by Gasteiger charge is 2.17. The van der Waals surface area contributed by atoms with Gasteiger partial charge in [-0.3, -0.25) is 14.6 Å². The molecular formula is C10H12BrN5. The van der Waals surface area contributed by atoms with Crippen molar-refractivity contribution >= 4 is 15.9 Å². The Morgan fingerprint density at radius 2 is 2.06 bits per heavy atom.